The van der Waals surface area contributed by atoms with Crippen molar-refractivity contribution in [2.75, 3.05) is 0 Å². The fourth-order valence-corrected chi connectivity index (χ4v) is 4.93. The normalized spacial score (nSPS) is 16.4. The Morgan fingerprint density at radius 1 is 1.19 bits per heavy atom. The SMILES string of the molecule is Cc1ccc2nc(Sc3ccc(/C=C4/SC(=Nc5cccc(Cl)c5Cl)NC4=O)o3)[nH]c2c1. The maximum atomic E-state index is 12.4. The lowest BCUT2D eigenvalue weighted by atomic mass is 10.2. The molecular weight excluding hydrogens is 487 g/mol. The first-order valence-corrected chi connectivity index (χ1v) is 11.8. The highest BCUT2D eigenvalue weighted by atomic mass is 35.5. The predicted molar refractivity (Wildman–Crippen MR) is 131 cm³/mol. The molecule has 2 N–H and O–H groups in total. The molecule has 5 rings (SSSR count). The molecular formula is C22H14Cl2N4O2S2. The number of hydrogen-bond acceptors (Lipinski definition) is 6. The number of amides is 1. The highest BCUT2D eigenvalue weighted by Crippen LogP contribution is 2.35. The number of rotatable bonds is 4. The molecule has 4 aromatic rings. The van der Waals surface area contributed by atoms with Crippen LogP contribution in [0, 0.1) is 6.92 Å². The molecule has 32 heavy (non-hydrogen) atoms. The third kappa shape index (κ3) is 4.45. The van der Waals surface area contributed by atoms with Crippen LogP contribution in [0.4, 0.5) is 5.69 Å². The van der Waals surface area contributed by atoms with Crippen LogP contribution in [0.5, 0.6) is 0 Å². The summed E-state index contributed by atoms with van der Waals surface area (Å²) in [5, 5.41) is 5.28. The predicted octanol–water partition coefficient (Wildman–Crippen LogP) is 6.81. The number of aliphatic imine (C=N–C) groups is 1. The summed E-state index contributed by atoms with van der Waals surface area (Å²) >= 11 is 14.8. The second-order valence-corrected chi connectivity index (χ2v) is 9.69. The molecule has 1 saturated heterocycles. The third-order valence-electron chi connectivity index (χ3n) is 4.49. The van der Waals surface area contributed by atoms with Gasteiger partial charge in [0.1, 0.15) is 5.76 Å². The van der Waals surface area contributed by atoms with Gasteiger partial charge in [-0.1, -0.05) is 35.3 Å². The van der Waals surface area contributed by atoms with E-state index in [1.165, 1.54) is 23.5 Å². The van der Waals surface area contributed by atoms with Crippen molar-refractivity contribution < 1.29 is 9.21 Å². The number of fused-ring (bicyclic) bond motifs is 1. The lowest BCUT2D eigenvalue weighted by Gasteiger charge is -2.00. The molecule has 0 spiro atoms. The second-order valence-electron chi connectivity index (χ2n) is 6.88. The van der Waals surface area contributed by atoms with Crippen molar-refractivity contribution >= 4 is 80.6 Å². The molecule has 0 bridgehead atoms. The number of aromatic nitrogens is 2. The van der Waals surface area contributed by atoms with E-state index in [1.807, 2.05) is 25.1 Å². The minimum Gasteiger partial charge on any atom is -0.450 e. The van der Waals surface area contributed by atoms with E-state index >= 15 is 0 Å². The van der Waals surface area contributed by atoms with Crippen LogP contribution < -0.4 is 5.32 Å². The summed E-state index contributed by atoms with van der Waals surface area (Å²) in [6.07, 6.45) is 1.67. The zero-order chi connectivity index (χ0) is 22.2. The largest absolute Gasteiger partial charge is 0.450 e. The Kier molecular flexibility index (Phi) is 5.77. The highest BCUT2D eigenvalue weighted by Gasteiger charge is 2.25. The van der Waals surface area contributed by atoms with E-state index in [0.717, 1.165) is 21.8 Å². The minimum absolute atomic E-state index is 0.259. The number of carbonyl (C=O) groups excluding carboxylic acids is 1. The first-order chi connectivity index (χ1) is 15.4. The van der Waals surface area contributed by atoms with Gasteiger partial charge >= 0.3 is 0 Å². The molecule has 2 aromatic carbocycles. The Hall–Kier alpha value is -2.65. The van der Waals surface area contributed by atoms with Crippen LogP contribution in [0.15, 0.2) is 73.1 Å². The molecule has 0 unspecified atom stereocenters. The van der Waals surface area contributed by atoms with E-state index in [9.17, 15) is 4.79 Å². The van der Waals surface area contributed by atoms with Crippen LogP contribution in [0.1, 0.15) is 11.3 Å². The summed E-state index contributed by atoms with van der Waals surface area (Å²) in [4.78, 5) is 25.1. The maximum Gasteiger partial charge on any atom is 0.264 e. The standard InChI is InChI=1S/C22H14Cl2N4O2S2/c1-11-5-7-14-16(9-11)27-21(25-14)32-18-8-6-12(30-18)10-17-20(29)28-22(31-17)26-15-4-2-3-13(23)19(15)24/h2-10H,1H3,(H,25,27)(H,26,28,29)/b17-10+. The maximum absolute atomic E-state index is 12.4. The smallest absolute Gasteiger partial charge is 0.264 e. The summed E-state index contributed by atoms with van der Waals surface area (Å²) in [5.74, 6) is 0.296. The third-order valence-corrected chi connectivity index (χ3v) is 7.02. The van der Waals surface area contributed by atoms with Gasteiger partial charge in [0.15, 0.2) is 15.4 Å². The van der Waals surface area contributed by atoms with Gasteiger partial charge < -0.3 is 14.7 Å². The van der Waals surface area contributed by atoms with Crippen LogP contribution in [-0.2, 0) is 4.79 Å². The molecule has 0 atom stereocenters. The number of amidine groups is 1. The highest BCUT2D eigenvalue weighted by molar-refractivity contribution is 8.18. The average Bonchev–Trinajstić information content (AvgIpc) is 3.45. The quantitative estimate of drug-likeness (QED) is 0.300. The van der Waals surface area contributed by atoms with E-state index in [4.69, 9.17) is 27.6 Å². The van der Waals surface area contributed by atoms with E-state index in [2.05, 4.69) is 26.3 Å². The number of imidazole rings is 1. The number of hydrogen-bond donors (Lipinski definition) is 2. The van der Waals surface area contributed by atoms with Crippen molar-refractivity contribution in [1.29, 1.82) is 0 Å². The monoisotopic (exact) mass is 500 g/mol. The van der Waals surface area contributed by atoms with Gasteiger partial charge in [0.05, 0.1) is 31.7 Å². The number of carbonyl (C=O) groups is 1. The summed E-state index contributed by atoms with van der Waals surface area (Å²) in [7, 11) is 0. The number of H-pyrrole nitrogens is 1. The fraction of sp³-hybridized carbons (Fsp3) is 0.0455. The molecule has 10 heteroatoms. The number of halogens is 2. The molecule has 1 aliphatic rings. The molecule has 0 aliphatic carbocycles. The zero-order valence-corrected chi connectivity index (χ0v) is 19.6. The summed E-state index contributed by atoms with van der Waals surface area (Å²) in [6.45, 7) is 2.04. The van der Waals surface area contributed by atoms with Crippen molar-refractivity contribution in [2.45, 2.75) is 17.2 Å². The number of nitrogens with one attached hydrogen (secondary N) is 2. The number of furan rings is 1. The van der Waals surface area contributed by atoms with Crippen molar-refractivity contribution in [1.82, 2.24) is 15.3 Å². The lowest BCUT2D eigenvalue weighted by Crippen LogP contribution is -2.19. The van der Waals surface area contributed by atoms with Gasteiger partial charge in [-0.25, -0.2) is 9.98 Å². The second kappa shape index (κ2) is 8.71. The number of benzene rings is 2. The molecule has 6 nitrogen and oxygen atoms in total. The molecule has 1 aliphatic heterocycles. The Balaban J connectivity index is 1.32. The van der Waals surface area contributed by atoms with E-state index in [0.29, 0.717) is 36.7 Å². The molecule has 2 aromatic heterocycles. The molecule has 3 heterocycles. The van der Waals surface area contributed by atoms with Crippen LogP contribution in [0.3, 0.4) is 0 Å². The van der Waals surface area contributed by atoms with E-state index in [-0.39, 0.29) is 5.91 Å². The van der Waals surface area contributed by atoms with Crippen LogP contribution >= 0.6 is 46.7 Å². The number of aryl methyl sites for hydroxylation is 1. The minimum atomic E-state index is -0.259. The summed E-state index contributed by atoms with van der Waals surface area (Å²) in [5.41, 5.74) is 3.53. The molecule has 0 saturated carbocycles. The summed E-state index contributed by atoms with van der Waals surface area (Å²) < 4.78 is 5.86. The number of nitrogens with zero attached hydrogens (tertiary/aromatic N) is 2. The Bertz CT molecular complexity index is 1420. The van der Waals surface area contributed by atoms with Gasteiger partial charge in [0.25, 0.3) is 5.91 Å². The van der Waals surface area contributed by atoms with Gasteiger partial charge in [-0.2, -0.15) is 0 Å². The van der Waals surface area contributed by atoms with Gasteiger partial charge in [-0.05, 0) is 72.4 Å². The first-order valence-electron chi connectivity index (χ1n) is 9.42. The fourth-order valence-electron chi connectivity index (χ4n) is 3.01. The first kappa shape index (κ1) is 21.2. The Labute approximate surface area is 201 Å². The molecule has 160 valence electrons. The van der Waals surface area contributed by atoms with E-state index in [1.54, 1.807) is 30.3 Å². The average molecular weight is 501 g/mol. The summed E-state index contributed by atoms with van der Waals surface area (Å²) in [6, 6.07) is 14.9. The van der Waals surface area contributed by atoms with E-state index < -0.39 is 0 Å². The van der Waals surface area contributed by atoms with Gasteiger partial charge in [0, 0.05) is 6.08 Å². The van der Waals surface area contributed by atoms with Gasteiger partial charge in [-0.3, -0.25) is 4.79 Å². The zero-order valence-electron chi connectivity index (χ0n) is 16.5. The van der Waals surface area contributed by atoms with Crippen molar-refractivity contribution in [3.05, 3.63) is 74.8 Å². The molecule has 1 fully saturated rings. The number of aromatic amines is 1. The topological polar surface area (TPSA) is 83.3 Å². The lowest BCUT2D eigenvalue weighted by molar-refractivity contribution is -0.115. The van der Waals surface area contributed by atoms with Crippen molar-refractivity contribution in [2.24, 2.45) is 4.99 Å². The Morgan fingerprint density at radius 3 is 2.94 bits per heavy atom. The van der Waals surface area contributed by atoms with Gasteiger partial charge in [-0.15, -0.1) is 0 Å². The van der Waals surface area contributed by atoms with Crippen LogP contribution in [0.2, 0.25) is 10.0 Å². The molecule has 1 amide bonds. The van der Waals surface area contributed by atoms with Crippen molar-refractivity contribution in [3.63, 3.8) is 0 Å². The molecule has 0 radical (unpaired) electrons. The van der Waals surface area contributed by atoms with Crippen molar-refractivity contribution in [3.8, 4) is 0 Å². The Morgan fingerprint density at radius 2 is 2.06 bits per heavy atom. The van der Waals surface area contributed by atoms with Crippen LogP contribution in [0.25, 0.3) is 17.1 Å². The van der Waals surface area contributed by atoms with Crippen LogP contribution in [-0.4, -0.2) is 21.0 Å². The van der Waals surface area contributed by atoms with Gasteiger partial charge in [0.2, 0.25) is 0 Å². The number of thioether (sulfide) groups is 1.